The van der Waals surface area contributed by atoms with Gasteiger partial charge in [-0.2, -0.15) is 0 Å². The van der Waals surface area contributed by atoms with Crippen LogP contribution in [-0.2, 0) is 4.79 Å². The van der Waals surface area contributed by atoms with Crippen LogP contribution in [0, 0.1) is 11.6 Å². The highest BCUT2D eigenvalue weighted by atomic mass is 79.9. The Balaban J connectivity index is 0.000000228. The number of anilines is 3. The number of nitrogens with one attached hydrogen (secondary N) is 1. The van der Waals surface area contributed by atoms with E-state index in [0.29, 0.717) is 11.7 Å². The number of hydrogen-bond acceptors (Lipinski definition) is 15. The lowest BCUT2D eigenvalue weighted by Crippen LogP contribution is -2.25. The molecule has 5 aromatic rings. The second-order valence-corrected chi connectivity index (χ2v) is 16.2. The van der Waals surface area contributed by atoms with Crippen molar-refractivity contribution in [3.63, 3.8) is 0 Å². The summed E-state index contributed by atoms with van der Waals surface area (Å²) >= 11 is 8.72. The van der Waals surface area contributed by atoms with Crippen molar-refractivity contribution >= 4 is 90.9 Å². The fourth-order valence-corrected chi connectivity index (χ4v) is 7.44. The van der Waals surface area contributed by atoms with Crippen LogP contribution in [0.25, 0.3) is 0 Å². The summed E-state index contributed by atoms with van der Waals surface area (Å²) in [6.07, 6.45) is 6.79. The van der Waals surface area contributed by atoms with Gasteiger partial charge in [-0.1, -0.05) is 39.5 Å². The highest BCUT2D eigenvalue weighted by Crippen LogP contribution is 2.31. The molecule has 0 atom stereocenters. The van der Waals surface area contributed by atoms with E-state index in [4.69, 9.17) is 30.2 Å². The summed E-state index contributed by atoms with van der Waals surface area (Å²) in [7, 11) is 0. The molecule has 2 fully saturated rings. The van der Waals surface area contributed by atoms with Crippen LogP contribution in [0.4, 0.5) is 31.1 Å². The molecule has 6 N–H and O–H groups in total. The number of carbonyl (C=O) groups excluding carboxylic acids is 2. The molecule has 0 radical (unpaired) electrons. The van der Waals surface area contributed by atoms with Crippen LogP contribution in [0.5, 0.6) is 23.0 Å². The first-order valence-electron chi connectivity index (χ1n) is 20.5. The average Bonchev–Trinajstić information content (AvgIpc) is 4.10. The van der Waals surface area contributed by atoms with Crippen molar-refractivity contribution in [1.29, 1.82) is 0 Å². The molecule has 3 heterocycles. The lowest BCUT2D eigenvalue weighted by molar-refractivity contribution is -0.134. The summed E-state index contributed by atoms with van der Waals surface area (Å²) in [5.41, 5.74) is 7.91. The number of phenols is 2. The van der Waals surface area contributed by atoms with Crippen molar-refractivity contribution in [3.05, 3.63) is 113 Å². The van der Waals surface area contributed by atoms with Crippen LogP contribution in [0.3, 0.4) is 0 Å². The maximum absolute atomic E-state index is 13.6. The molecule has 2 aliphatic heterocycles. The summed E-state index contributed by atoms with van der Waals surface area (Å²) in [4.78, 5) is 46.0. The number of nitrogens with zero attached hydrogens (tertiary/aromatic N) is 4. The first kappa shape index (κ1) is 51.8. The molecule has 0 spiro atoms. The zero-order chi connectivity index (χ0) is 47.1. The Morgan fingerprint density at radius 3 is 1.78 bits per heavy atom. The fourth-order valence-electron chi connectivity index (χ4n) is 6.19. The molecular formula is C46H51BrF2N6O8S2. The number of carbonyl (C=O) groups is 3. The minimum Gasteiger partial charge on any atom is -0.505 e. The molecule has 65 heavy (non-hydrogen) atoms. The van der Waals surface area contributed by atoms with Gasteiger partial charge in [-0.25, -0.2) is 13.8 Å². The Morgan fingerprint density at radius 2 is 1.31 bits per heavy atom. The number of aromatic nitrogens is 1. The standard InChI is InChI=1S/C22H23FN4O3S.C14H18N2OS.C8H6BrFO2.C2H4O2/c23-17-13-14(3-8-18(17)28)19(29)20-21(24)26-22(31-20)25-15-4-6-16(7-5-15)30-12-11-27-9-1-2-10-27;18-12-7-15-13-3-5-14(6-4-13)17-11-10-16-8-1-2-9-16;9-4-8(12)5-1-2-7(11)6(10)3-5;1-2(3)4/h3-8,13,28H,1-2,9-12,24H2,(H,25,26);3-7,12H,1-2,8-11H2;1-3,11H,4H2;1H3,(H,3,4). The maximum atomic E-state index is 13.6. The lowest BCUT2D eigenvalue weighted by Gasteiger charge is -2.15. The topological polar surface area (TPSA) is 200 Å². The number of ether oxygens (including phenoxy) is 2. The van der Waals surface area contributed by atoms with Crippen molar-refractivity contribution in [2.24, 2.45) is 4.99 Å². The normalized spacial score (nSPS) is 13.4. The smallest absolute Gasteiger partial charge is 0.300 e. The van der Waals surface area contributed by atoms with E-state index in [1.165, 1.54) is 56.3 Å². The number of ketones is 2. The third-order valence-electron chi connectivity index (χ3n) is 9.44. The summed E-state index contributed by atoms with van der Waals surface area (Å²) in [5.74, 6) is -2.35. The Morgan fingerprint density at radius 1 is 0.831 bits per heavy atom. The van der Waals surface area contributed by atoms with E-state index in [1.807, 2.05) is 48.5 Å². The van der Waals surface area contributed by atoms with Gasteiger partial charge in [0.05, 0.1) is 11.0 Å². The summed E-state index contributed by atoms with van der Waals surface area (Å²) in [6, 6.07) is 22.2. The van der Waals surface area contributed by atoms with Crippen LogP contribution in [-0.4, -0.2) is 117 Å². The van der Waals surface area contributed by atoms with Crippen molar-refractivity contribution in [2.75, 3.05) is 68.9 Å². The predicted molar refractivity (Wildman–Crippen MR) is 258 cm³/mol. The second kappa shape index (κ2) is 27.5. The number of Topliss-reactive ketones (excluding diaryl/α,β-unsaturated/α-hetero) is 1. The Labute approximate surface area is 393 Å². The number of benzene rings is 4. The number of aliphatic carboxylic acids is 1. The largest absolute Gasteiger partial charge is 0.505 e. The summed E-state index contributed by atoms with van der Waals surface area (Å²) in [6.45, 7) is 9.17. The molecule has 0 unspecified atom stereocenters. The number of nitrogen functional groups attached to an aromatic ring is 1. The molecule has 1 aromatic heterocycles. The van der Waals surface area contributed by atoms with E-state index < -0.39 is 34.9 Å². The summed E-state index contributed by atoms with van der Waals surface area (Å²) in [5, 5.41) is 30.7. The third-order valence-corrected chi connectivity index (χ3v) is 11.1. The first-order chi connectivity index (χ1) is 31.3. The van der Waals surface area contributed by atoms with E-state index in [1.54, 1.807) is 6.21 Å². The Kier molecular flexibility index (Phi) is 21.9. The number of carboxylic acid groups (broad SMARTS) is 1. The number of nitrogens with two attached hydrogens (primary N) is 1. The first-order valence-corrected chi connectivity index (χ1v) is 22.9. The molecule has 2 saturated heterocycles. The number of alkyl halides is 1. The number of likely N-dealkylation sites (tertiary alicyclic amines) is 2. The second-order valence-electron chi connectivity index (χ2n) is 14.3. The summed E-state index contributed by atoms with van der Waals surface area (Å²) < 4.78 is 37.7. The SMILES string of the molecule is CC(=O)O.Nc1nc(Nc2ccc(OCCN3CCCC3)cc2)sc1C(=O)c1ccc(O)c(F)c1.O=C(CBr)c1ccc(O)c(F)c1.S=CC=Nc1ccc(OCCN2CCCC2)cc1. The molecular weight excluding hydrogens is 947 g/mol. The van der Waals surface area contributed by atoms with E-state index in [0.717, 1.165) is 98.2 Å². The zero-order valence-electron chi connectivity index (χ0n) is 35.6. The van der Waals surface area contributed by atoms with Gasteiger partial charge in [0.15, 0.2) is 34.0 Å². The number of rotatable bonds is 16. The van der Waals surface area contributed by atoms with Gasteiger partial charge in [-0.05, 0) is 137 Å². The zero-order valence-corrected chi connectivity index (χ0v) is 38.8. The molecule has 0 bridgehead atoms. The number of thiocarbonyl (C=S) groups is 1. The van der Waals surface area contributed by atoms with Gasteiger partial charge in [0.25, 0.3) is 5.97 Å². The fraction of sp³-hybridized carbons (Fsp3) is 0.304. The monoisotopic (exact) mass is 996 g/mol. The van der Waals surface area contributed by atoms with Crippen LogP contribution < -0.4 is 20.5 Å². The van der Waals surface area contributed by atoms with Crippen LogP contribution in [0.15, 0.2) is 89.9 Å². The number of phenolic OH excluding ortho intramolecular Hbond substituents is 2. The van der Waals surface area contributed by atoms with E-state index in [9.17, 15) is 23.5 Å². The van der Waals surface area contributed by atoms with Gasteiger partial charge >= 0.3 is 0 Å². The molecule has 0 aliphatic carbocycles. The van der Waals surface area contributed by atoms with Gasteiger partial charge in [0.1, 0.15) is 35.4 Å². The number of aromatic hydroxyl groups is 2. The molecule has 14 nitrogen and oxygen atoms in total. The number of aliphatic imine (C=N–C) groups is 1. The molecule has 2 aliphatic rings. The van der Waals surface area contributed by atoms with Crippen LogP contribution >= 0.6 is 39.5 Å². The molecule has 7 rings (SSSR count). The number of carboxylic acids is 1. The molecule has 346 valence electrons. The number of hydrogen-bond donors (Lipinski definition) is 5. The quantitative estimate of drug-likeness (QED) is 0.0271. The van der Waals surface area contributed by atoms with Gasteiger partial charge in [0.2, 0.25) is 5.78 Å². The van der Waals surface area contributed by atoms with E-state index in [-0.39, 0.29) is 32.9 Å². The highest BCUT2D eigenvalue weighted by Gasteiger charge is 2.20. The van der Waals surface area contributed by atoms with Crippen LogP contribution in [0.2, 0.25) is 0 Å². The third kappa shape index (κ3) is 18.3. The van der Waals surface area contributed by atoms with Gasteiger partial charge in [-0.3, -0.25) is 29.2 Å². The number of halogens is 3. The van der Waals surface area contributed by atoms with Crippen molar-refractivity contribution in [2.45, 2.75) is 32.6 Å². The van der Waals surface area contributed by atoms with Gasteiger partial charge in [-0.15, -0.1) is 0 Å². The maximum Gasteiger partial charge on any atom is 0.300 e. The van der Waals surface area contributed by atoms with Gasteiger partial charge < -0.3 is 35.8 Å². The Bertz CT molecular complexity index is 2340. The predicted octanol–water partition coefficient (Wildman–Crippen LogP) is 9.08. The molecule has 19 heteroatoms. The lowest BCUT2D eigenvalue weighted by atomic mass is 10.1. The minimum absolute atomic E-state index is 0.0628. The highest BCUT2D eigenvalue weighted by molar-refractivity contribution is 9.09. The average molecular weight is 998 g/mol. The number of thiazole rings is 1. The van der Waals surface area contributed by atoms with E-state index >= 15 is 0 Å². The van der Waals surface area contributed by atoms with Crippen molar-refractivity contribution in [1.82, 2.24) is 14.8 Å². The van der Waals surface area contributed by atoms with Crippen molar-refractivity contribution in [3.8, 4) is 23.0 Å². The van der Waals surface area contributed by atoms with Gasteiger partial charge in [0, 0.05) is 48.4 Å². The molecule has 0 amide bonds. The van der Waals surface area contributed by atoms with Crippen molar-refractivity contribution < 1.29 is 48.0 Å². The van der Waals surface area contributed by atoms with Crippen LogP contribution in [0.1, 0.15) is 58.2 Å². The minimum atomic E-state index is -0.866. The Hall–Kier alpha value is -5.86. The van der Waals surface area contributed by atoms with E-state index in [2.05, 4.69) is 53.2 Å². The molecule has 0 saturated carbocycles. The molecule has 4 aromatic carbocycles.